The fourth-order valence-electron chi connectivity index (χ4n) is 4.25. The minimum atomic E-state index is -1.01. The Bertz CT molecular complexity index is 1130. The lowest BCUT2D eigenvalue weighted by molar-refractivity contribution is -0.140. The summed E-state index contributed by atoms with van der Waals surface area (Å²) in [5.41, 5.74) is 0.945. The number of hydrogen-bond donors (Lipinski definition) is 3. The first-order chi connectivity index (χ1) is 18.9. The fourth-order valence-corrected chi connectivity index (χ4v) is 4.25. The van der Waals surface area contributed by atoms with Crippen molar-refractivity contribution in [3.05, 3.63) is 53.6 Å². The van der Waals surface area contributed by atoms with Gasteiger partial charge in [-0.2, -0.15) is 0 Å². The lowest BCUT2D eigenvalue weighted by Crippen LogP contribution is -2.51. The summed E-state index contributed by atoms with van der Waals surface area (Å²) in [6.07, 6.45) is 4.06. The Morgan fingerprint density at radius 2 is 1.65 bits per heavy atom. The second-order valence-electron chi connectivity index (χ2n) is 11.0. The number of benzene rings is 2. The predicted molar refractivity (Wildman–Crippen MR) is 157 cm³/mol. The summed E-state index contributed by atoms with van der Waals surface area (Å²) >= 11 is 0. The number of phenolic OH excluding ortho intramolecular Hbond substituents is 1. The number of phenols is 1. The third-order valence-corrected chi connectivity index (χ3v) is 6.34. The maximum absolute atomic E-state index is 13.9. The Labute approximate surface area is 238 Å². The van der Waals surface area contributed by atoms with Gasteiger partial charge in [0.2, 0.25) is 5.91 Å². The Balaban J connectivity index is 2.44. The second-order valence-corrected chi connectivity index (χ2v) is 11.0. The van der Waals surface area contributed by atoms with Crippen molar-refractivity contribution in [2.24, 2.45) is 0 Å². The van der Waals surface area contributed by atoms with Crippen molar-refractivity contribution in [3.63, 3.8) is 0 Å². The van der Waals surface area contributed by atoms with Gasteiger partial charge in [-0.15, -0.1) is 0 Å². The van der Waals surface area contributed by atoms with E-state index < -0.39 is 35.6 Å². The summed E-state index contributed by atoms with van der Waals surface area (Å²) in [4.78, 5) is 41.7. The minimum absolute atomic E-state index is 0.0930. The van der Waals surface area contributed by atoms with Gasteiger partial charge in [-0.3, -0.25) is 9.59 Å². The molecule has 3 amide bonds. The number of amides is 3. The molecule has 220 valence electrons. The van der Waals surface area contributed by atoms with E-state index in [0.717, 1.165) is 25.7 Å². The molecule has 0 aliphatic carbocycles. The summed E-state index contributed by atoms with van der Waals surface area (Å²) < 4.78 is 10.6. The molecule has 0 aliphatic heterocycles. The zero-order valence-electron chi connectivity index (χ0n) is 24.9. The molecule has 0 fully saturated rings. The number of nitrogens with zero attached hydrogens (tertiary/aromatic N) is 1. The second kappa shape index (κ2) is 15.1. The average Bonchev–Trinajstić information content (AvgIpc) is 2.88. The average molecular weight is 556 g/mol. The molecule has 0 heterocycles. The normalized spacial score (nSPS) is 12.7. The number of aryl methyl sites for hydroxylation is 1. The van der Waals surface area contributed by atoms with E-state index in [0.29, 0.717) is 35.5 Å². The summed E-state index contributed by atoms with van der Waals surface area (Å²) in [6.45, 7) is 11.0. The van der Waals surface area contributed by atoms with Crippen molar-refractivity contribution in [1.29, 1.82) is 0 Å². The molecule has 2 aromatic carbocycles. The summed E-state index contributed by atoms with van der Waals surface area (Å²) in [5.74, 6) is -0.0892. The van der Waals surface area contributed by atoms with Crippen molar-refractivity contribution >= 4 is 23.6 Å². The van der Waals surface area contributed by atoms with E-state index in [1.165, 1.54) is 11.0 Å². The Hall–Kier alpha value is -3.75. The molecule has 0 aliphatic rings. The Morgan fingerprint density at radius 3 is 2.23 bits per heavy atom. The highest BCUT2D eigenvalue weighted by Crippen LogP contribution is 2.29. The van der Waals surface area contributed by atoms with Crippen molar-refractivity contribution in [2.45, 2.75) is 91.3 Å². The van der Waals surface area contributed by atoms with Crippen LogP contribution in [0.2, 0.25) is 0 Å². The van der Waals surface area contributed by atoms with E-state index in [1.54, 1.807) is 78.1 Å². The van der Waals surface area contributed by atoms with Gasteiger partial charge in [-0.25, -0.2) is 4.79 Å². The van der Waals surface area contributed by atoms with Gasteiger partial charge >= 0.3 is 6.09 Å². The first-order valence-corrected chi connectivity index (χ1v) is 13.9. The van der Waals surface area contributed by atoms with E-state index in [9.17, 15) is 19.5 Å². The Kier molecular flexibility index (Phi) is 12.3. The highest BCUT2D eigenvalue weighted by molar-refractivity contribution is 5.99. The molecule has 0 spiro atoms. The van der Waals surface area contributed by atoms with Crippen molar-refractivity contribution < 1.29 is 29.0 Å². The molecule has 0 aromatic heterocycles. The number of alkyl carbamates (subject to hydrolysis) is 1. The van der Waals surface area contributed by atoms with Crippen molar-refractivity contribution in [2.75, 3.05) is 19.0 Å². The van der Waals surface area contributed by atoms with Gasteiger partial charge < -0.3 is 30.1 Å². The monoisotopic (exact) mass is 555 g/mol. The highest BCUT2D eigenvalue weighted by Gasteiger charge is 2.35. The summed E-state index contributed by atoms with van der Waals surface area (Å²) in [5, 5.41) is 15.7. The molecule has 0 saturated carbocycles. The molecule has 0 radical (unpaired) electrons. The molecular weight excluding hydrogens is 510 g/mol. The van der Waals surface area contributed by atoms with E-state index in [1.807, 2.05) is 0 Å². The highest BCUT2D eigenvalue weighted by atomic mass is 16.6. The molecule has 2 aromatic rings. The number of rotatable bonds is 13. The number of methoxy groups -OCH3 is 1. The molecule has 2 unspecified atom stereocenters. The van der Waals surface area contributed by atoms with Crippen LogP contribution in [0.1, 0.15) is 83.9 Å². The standard InChI is InChI=1S/C31H45N3O6/c1-8-9-10-11-12-19-34(29(37)22(3)32-30(38)40-31(4,5)6)27(23-13-18-26(35)21(2)20-23)28(36)33-24-14-16-25(39-7)17-15-24/h13-18,20,22,27,35H,8-12,19H2,1-7H3,(H,32,38)(H,33,36). The van der Waals surface area contributed by atoms with Crippen LogP contribution in [0, 0.1) is 6.92 Å². The smallest absolute Gasteiger partial charge is 0.408 e. The maximum Gasteiger partial charge on any atom is 0.408 e. The van der Waals surface area contributed by atoms with Crippen LogP contribution in [0.15, 0.2) is 42.5 Å². The maximum atomic E-state index is 13.9. The SMILES string of the molecule is CCCCCCCN(C(=O)C(C)NC(=O)OC(C)(C)C)C(C(=O)Nc1ccc(OC)cc1)c1ccc(O)c(C)c1. The molecule has 0 saturated heterocycles. The Morgan fingerprint density at radius 1 is 1.00 bits per heavy atom. The molecule has 40 heavy (non-hydrogen) atoms. The van der Waals surface area contributed by atoms with Gasteiger partial charge in [-0.1, -0.05) is 38.7 Å². The fraction of sp³-hybridized carbons (Fsp3) is 0.516. The van der Waals surface area contributed by atoms with Crippen LogP contribution in [0.5, 0.6) is 11.5 Å². The largest absolute Gasteiger partial charge is 0.508 e. The van der Waals surface area contributed by atoms with E-state index in [4.69, 9.17) is 9.47 Å². The zero-order valence-corrected chi connectivity index (χ0v) is 24.9. The molecule has 9 nitrogen and oxygen atoms in total. The topological polar surface area (TPSA) is 117 Å². The molecule has 2 rings (SSSR count). The number of carbonyl (C=O) groups excluding carboxylic acids is 3. The van der Waals surface area contributed by atoms with Crippen LogP contribution >= 0.6 is 0 Å². The van der Waals surface area contributed by atoms with E-state index in [-0.39, 0.29) is 5.75 Å². The van der Waals surface area contributed by atoms with Gasteiger partial charge in [0, 0.05) is 12.2 Å². The first kappa shape index (κ1) is 32.5. The van der Waals surface area contributed by atoms with Crippen LogP contribution in [0.25, 0.3) is 0 Å². The number of aromatic hydroxyl groups is 1. The lowest BCUT2D eigenvalue weighted by atomic mass is 9.99. The zero-order chi connectivity index (χ0) is 29.9. The third kappa shape index (κ3) is 10.1. The van der Waals surface area contributed by atoms with Crippen molar-refractivity contribution in [3.8, 4) is 11.5 Å². The minimum Gasteiger partial charge on any atom is -0.508 e. The number of unbranched alkanes of at least 4 members (excludes halogenated alkanes) is 4. The molecule has 9 heteroatoms. The van der Waals surface area contributed by atoms with Gasteiger partial charge in [0.15, 0.2) is 0 Å². The van der Waals surface area contributed by atoms with Crippen LogP contribution in [-0.4, -0.2) is 53.2 Å². The predicted octanol–water partition coefficient (Wildman–Crippen LogP) is 6.10. The molecule has 0 bridgehead atoms. The molecule has 3 N–H and O–H groups in total. The lowest BCUT2D eigenvalue weighted by Gasteiger charge is -2.34. The van der Waals surface area contributed by atoms with Gasteiger partial charge in [-0.05, 0) is 88.6 Å². The molecular formula is C31H45N3O6. The summed E-state index contributed by atoms with van der Waals surface area (Å²) in [7, 11) is 1.56. The first-order valence-electron chi connectivity index (χ1n) is 13.9. The number of anilines is 1. The van der Waals surface area contributed by atoms with Crippen LogP contribution in [0.4, 0.5) is 10.5 Å². The van der Waals surface area contributed by atoms with Gasteiger partial charge in [0.25, 0.3) is 5.91 Å². The van der Waals surface area contributed by atoms with E-state index in [2.05, 4.69) is 17.6 Å². The van der Waals surface area contributed by atoms with Crippen LogP contribution in [-0.2, 0) is 14.3 Å². The van der Waals surface area contributed by atoms with Crippen LogP contribution < -0.4 is 15.4 Å². The number of hydrogen-bond acceptors (Lipinski definition) is 6. The van der Waals surface area contributed by atoms with Crippen LogP contribution in [0.3, 0.4) is 0 Å². The number of carbonyl (C=O) groups is 3. The number of ether oxygens (including phenoxy) is 2. The van der Waals surface area contributed by atoms with E-state index >= 15 is 0 Å². The van der Waals surface area contributed by atoms with Gasteiger partial charge in [0.05, 0.1) is 7.11 Å². The number of nitrogens with one attached hydrogen (secondary N) is 2. The molecule has 2 atom stereocenters. The quantitative estimate of drug-likeness (QED) is 0.257. The van der Waals surface area contributed by atoms with Crippen molar-refractivity contribution in [1.82, 2.24) is 10.2 Å². The summed E-state index contributed by atoms with van der Waals surface area (Å²) in [6, 6.07) is 9.82. The van der Waals surface area contributed by atoms with Gasteiger partial charge in [0.1, 0.15) is 29.2 Å². The third-order valence-electron chi connectivity index (χ3n) is 6.34.